The van der Waals surface area contributed by atoms with Crippen LogP contribution in [0.5, 0.6) is 0 Å². The molecule has 0 saturated carbocycles. The molecule has 100 valence electrons. The van der Waals surface area contributed by atoms with Crippen molar-refractivity contribution < 1.29 is 21.9 Å². The number of rotatable bonds is 4. The molecule has 7 heteroatoms. The van der Waals surface area contributed by atoms with E-state index in [1.54, 1.807) is 0 Å². The smallest absolute Gasteiger partial charge is 0.275 e. The first-order valence-corrected chi connectivity index (χ1v) is 6.83. The van der Waals surface area contributed by atoms with Crippen LogP contribution in [0.4, 0.5) is 3.89 Å². The molecule has 1 aromatic carbocycles. The van der Waals surface area contributed by atoms with E-state index in [4.69, 9.17) is 0 Å². The fourth-order valence-corrected chi connectivity index (χ4v) is 2.17. The van der Waals surface area contributed by atoms with Crippen molar-refractivity contribution in [3.63, 3.8) is 0 Å². The van der Waals surface area contributed by atoms with E-state index >= 15 is 0 Å². The number of carbonyl (C=O) groups excluding carboxylic acids is 2. The molecule has 2 amide bonds. The van der Waals surface area contributed by atoms with Gasteiger partial charge in [-0.3, -0.25) is 14.5 Å². The topological polar surface area (TPSA) is 71.5 Å². The molecule has 0 radical (unpaired) electrons. The number of benzene rings is 1. The van der Waals surface area contributed by atoms with Crippen molar-refractivity contribution >= 4 is 22.0 Å². The fraction of sp³-hybridized carbons (Fsp3) is 0.167. The lowest BCUT2D eigenvalue weighted by molar-refractivity contribution is -0.136. The molecular weight excluding hydrogens is 273 g/mol. The summed E-state index contributed by atoms with van der Waals surface area (Å²) in [5.74, 6) is -0.735. The third-order valence-corrected chi connectivity index (χ3v) is 3.56. The lowest BCUT2D eigenvalue weighted by Gasteiger charge is -2.13. The van der Waals surface area contributed by atoms with E-state index in [9.17, 15) is 21.9 Å². The van der Waals surface area contributed by atoms with Crippen LogP contribution in [-0.4, -0.2) is 31.7 Å². The highest BCUT2D eigenvalue weighted by molar-refractivity contribution is 7.86. The molecule has 1 aliphatic heterocycles. The summed E-state index contributed by atoms with van der Waals surface area (Å²) in [5, 5.41) is 0. The largest absolute Gasteiger partial charge is 0.332 e. The number of carbonyl (C=O) groups is 2. The van der Waals surface area contributed by atoms with Crippen molar-refractivity contribution in [3.05, 3.63) is 42.0 Å². The minimum Gasteiger partial charge on any atom is -0.275 e. The Kier molecular flexibility index (Phi) is 3.48. The second-order valence-electron chi connectivity index (χ2n) is 3.99. The van der Waals surface area contributed by atoms with Crippen LogP contribution < -0.4 is 0 Å². The first-order chi connectivity index (χ1) is 8.88. The number of nitrogens with zero attached hydrogens (tertiary/aromatic N) is 1. The summed E-state index contributed by atoms with van der Waals surface area (Å²) < 4.78 is 33.9. The van der Waals surface area contributed by atoms with Crippen molar-refractivity contribution in [1.29, 1.82) is 0 Å². The molecule has 0 spiro atoms. The lowest BCUT2D eigenvalue weighted by atomic mass is 10.1. The summed E-state index contributed by atoms with van der Waals surface area (Å²) in [6.07, 6.45) is 2.77. The Morgan fingerprint density at radius 2 is 1.53 bits per heavy atom. The van der Waals surface area contributed by atoms with Crippen LogP contribution in [0.2, 0.25) is 0 Å². The van der Waals surface area contributed by atoms with Gasteiger partial charge in [-0.2, -0.15) is 8.42 Å². The molecule has 0 aliphatic carbocycles. The van der Waals surface area contributed by atoms with Crippen LogP contribution in [0.1, 0.15) is 5.56 Å². The quantitative estimate of drug-likeness (QED) is 0.605. The Labute approximate surface area is 109 Å². The third kappa shape index (κ3) is 3.05. The average Bonchev–Trinajstić information content (AvgIpc) is 2.66. The highest BCUT2D eigenvalue weighted by Crippen LogP contribution is 2.14. The zero-order valence-corrected chi connectivity index (χ0v) is 10.6. The van der Waals surface area contributed by atoms with E-state index in [0.717, 1.165) is 17.0 Å². The Hall–Kier alpha value is -2.02. The van der Waals surface area contributed by atoms with Crippen LogP contribution in [0.25, 0.3) is 0 Å². The Morgan fingerprint density at radius 3 is 2.00 bits per heavy atom. The maximum absolute atomic E-state index is 12.7. The molecule has 1 aliphatic rings. The molecule has 0 fully saturated rings. The van der Waals surface area contributed by atoms with Crippen LogP contribution in [0.3, 0.4) is 0 Å². The van der Waals surface area contributed by atoms with Crippen molar-refractivity contribution in [2.75, 3.05) is 6.54 Å². The van der Waals surface area contributed by atoms with E-state index in [2.05, 4.69) is 0 Å². The predicted octanol–water partition coefficient (Wildman–Crippen LogP) is 0.812. The first-order valence-electron chi connectivity index (χ1n) is 5.45. The van der Waals surface area contributed by atoms with Gasteiger partial charge in [0.2, 0.25) is 0 Å². The average molecular weight is 283 g/mol. The second-order valence-corrected chi connectivity index (χ2v) is 5.34. The number of imide groups is 1. The van der Waals surface area contributed by atoms with Gasteiger partial charge in [0.1, 0.15) is 0 Å². The molecule has 1 heterocycles. The zero-order valence-electron chi connectivity index (χ0n) is 9.74. The molecule has 0 aromatic heterocycles. The molecule has 1 aromatic rings. The summed E-state index contributed by atoms with van der Waals surface area (Å²) in [6, 6.07) is 5.20. The van der Waals surface area contributed by atoms with Gasteiger partial charge in [-0.1, -0.05) is 12.1 Å². The third-order valence-electron chi connectivity index (χ3n) is 2.73. The van der Waals surface area contributed by atoms with E-state index < -0.39 is 15.1 Å². The van der Waals surface area contributed by atoms with Gasteiger partial charge in [0.25, 0.3) is 11.8 Å². The van der Waals surface area contributed by atoms with Gasteiger partial charge in [-0.25, -0.2) is 0 Å². The molecular formula is C12H10FNO4S. The van der Waals surface area contributed by atoms with Gasteiger partial charge >= 0.3 is 10.2 Å². The van der Waals surface area contributed by atoms with E-state index in [0.29, 0.717) is 12.0 Å². The maximum atomic E-state index is 12.7. The Balaban J connectivity index is 2.01. The minimum atomic E-state index is -4.70. The van der Waals surface area contributed by atoms with Gasteiger partial charge in [0.15, 0.2) is 0 Å². The predicted molar refractivity (Wildman–Crippen MR) is 64.3 cm³/mol. The van der Waals surface area contributed by atoms with Crippen LogP contribution >= 0.6 is 0 Å². The van der Waals surface area contributed by atoms with Gasteiger partial charge in [-0.05, 0) is 24.1 Å². The normalized spacial score (nSPS) is 15.3. The van der Waals surface area contributed by atoms with Crippen LogP contribution in [0.15, 0.2) is 41.3 Å². The highest BCUT2D eigenvalue weighted by atomic mass is 32.3. The lowest BCUT2D eigenvalue weighted by Crippen LogP contribution is -2.31. The minimum absolute atomic E-state index is 0.201. The van der Waals surface area contributed by atoms with Crippen molar-refractivity contribution in [2.45, 2.75) is 11.3 Å². The van der Waals surface area contributed by atoms with E-state index in [1.165, 1.54) is 24.3 Å². The zero-order chi connectivity index (χ0) is 14.0. The monoisotopic (exact) mass is 283 g/mol. The molecule has 2 rings (SSSR count). The van der Waals surface area contributed by atoms with Crippen LogP contribution in [-0.2, 0) is 26.2 Å². The van der Waals surface area contributed by atoms with Crippen LogP contribution in [0, 0.1) is 0 Å². The fourth-order valence-electron chi connectivity index (χ4n) is 1.71. The molecule has 0 unspecified atom stereocenters. The summed E-state index contributed by atoms with van der Waals surface area (Å²) in [5.41, 5.74) is 0.708. The summed E-state index contributed by atoms with van der Waals surface area (Å²) >= 11 is 0. The molecule has 5 nitrogen and oxygen atoms in total. The van der Waals surface area contributed by atoms with Crippen molar-refractivity contribution in [3.8, 4) is 0 Å². The standard InChI is InChI=1S/C12H10FNO4S/c13-19(17,18)10-3-1-9(2-4-10)7-8-14-11(15)5-6-12(14)16/h1-6H,7-8H2. The summed E-state index contributed by atoms with van der Waals surface area (Å²) in [4.78, 5) is 23.2. The van der Waals surface area contributed by atoms with Crippen molar-refractivity contribution in [1.82, 2.24) is 4.90 Å². The molecule has 0 saturated heterocycles. The number of hydrogen-bond donors (Lipinski definition) is 0. The van der Waals surface area contributed by atoms with E-state index in [-0.39, 0.29) is 18.4 Å². The van der Waals surface area contributed by atoms with Gasteiger partial charge < -0.3 is 0 Å². The molecule has 0 N–H and O–H groups in total. The van der Waals surface area contributed by atoms with Gasteiger partial charge in [0.05, 0.1) is 4.90 Å². The SMILES string of the molecule is O=C1C=CC(=O)N1CCc1ccc(S(=O)(=O)F)cc1. The molecule has 0 bridgehead atoms. The van der Waals surface area contributed by atoms with E-state index in [1.807, 2.05) is 0 Å². The second kappa shape index (κ2) is 4.93. The van der Waals surface area contributed by atoms with Gasteiger partial charge in [-0.15, -0.1) is 3.89 Å². The Bertz CT molecular complexity index is 631. The molecule has 19 heavy (non-hydrogen) atoms. The Morgan fingerprint density at radius 1 is 1.00 bits per heavy atom. The number of amides is 2. The first kappa shape index (κ1) is 13.4. The van der Waals surface area contributed by atoms with Crippen molar-refractivity contribution in [2.24, 2.45) is 0 Å². The van der Waals surface area contributed by atoms with Gasteiger partial charge in [0, 0.05) is 18.7 Å². The maximum Gasteiger partial charge on any atom is 0.332 e. The summed E-state index contributed by atoms with van der Waals surface area (Å²) in [6.45, 7) is 0.201. The highest BCUT2D eigenvalue weighted by Gasteiger charge is 2.22. The summed E-state index contributed by atoms with van der Waals surface area (Å²) in [7, 11) is -4.70. The molecule has 0 atom stereocenters. The number of halogens is 1. The number of hydrogen-bond acceptors (Lipinski definition) is 4.